The van der Waals surface area contributed by atoms with Crippen LogP contribution in [-0.2, 0) is 0 Å². The average molecular weight is 287 g/mol. The van der Waals surface area contributed by atoms with Gasteiger partial charge in [0.05, 0.1) is 5.60 Å². The first-order valence-electron chi connectivity index (χ1n) is 5.07. The number of rotatable bonds is 4. The maximum absolute atomic E-state index is 11.7. The molecule has 0 aromatic carbocycles. The van der Waals surface area contributed by atoms with Gasteiger partial charge in [0.25, 0.3) is 5.91 Å². The molecule has 4 nitrogen and oxygen atoms in total. The van der Waals surface area contributed by atoms with E-state index in [2.05, 4.69) is 26.2 Å². The van der Waals surface area contributed by atoms with Crippen LogP contribution in [0.1, 0.15) is 30.8 Å². The fourth-order valence-corrected chi connectivity index (χ4v) is 1.47. The lowest BCUT2D eigenvalue weighted by atomic mass is 10.0. The molecule has 16 heavy (non-hydrogen) atoms. The molecular weight excluding hydrogens is 272 g/mol. The maximum atomic E-state index is 11.7. The van der Waals surface area contributed by atoms with Gasteiger partial charge in [-0.25, -0.2) is 4.98 Å². The van der Waals surface area contributed by atoms with Gasteiger partial charge in [-0.15, -0.1) is 0 Å². The molecular formula is C11H15BrN2O2. The molecule has 0 aliphatic heterocycles. The molecule has 5 heteroatoms. The second-order valence-corrected chi connectivity index (χ2v) is 4.72. The summed E-state index contributed by atoms with van der Waals surface area (Å²) in [6.45, 7) is 3.76. The first-order valence-corrected chi connectivity index (χ1v) is 5.86. The van der Waals surface area contributed by atoms with Crippen LogP contribution in [0.15, 0.2) is 22.8 Å². The Balaban J connectivity index is 2.64. The molecule has 0 radical (unpaired) electrons. The van der Waals surface area contributed by atoms with E-state index in [0.717, 1.165) is 0 Å². The van der Waals surface area contributed by atoms with Crippen LogP contribution >= 0.6 is 15.9 Å². The second kappa shape index (κ2) is 5.41. The Morgan fingerprint density at radius 3 is 2.94 bits per heavy atom. The first kappa shape index (κ1) is 13.1. The molecule has 1 unspecified atom stereocenters. The number of hydrogen-bond acceptors (Lipinski definition) is 3. The molecule has 1 rings (SSSR count). The molecule has 88 valence electrons. The Bertz CT molecular complexity index is 380. The monoisotopic (exact) mass is 286 g/mol. The smallest absolute Gasteiger partial charge is 0.271 e. The fraction of sp³-hybridized carbons (Fsp3) is 0.455. The molecule has 0 bridgehead atoms. The van der Waals surface area contributed by atoms with Crippen molar-refractivity contribution in [3.05, 3.63) is 28.5 Å². The highest BCUT2D eigenvalue weighted by Gasteiger charge is 2.19. The van der Waals surface area contributed by atoms with E-state index in [9.17, 15) is 9.90 Å². The SMILES string of the molecule is CCC(C)(O)CNC(=O)c1ncccc1Br. The van der Waals surface area contributed by atoms with Gasteiger partial charge in [-0.1, -0.05) is 6.92 Å². The molecule has 0 spiro atoms. The van der Waals surface area contributed by atoms with Crippen LogP contribution in [0.3, 0.4) is 0 Å². The Morgan fingerprint density at radius 2 is 2.38 bits per heavy atom. The lowest BCUT2D eigenvalue weighted by Gasteiger charge is -2.21. The van der Waals surface area contributed by atoms with Crippen molar-refractivity contribution in [1.29, 1.82) is 0 Å². The lowest BCUT2D eigenvalue weighted by Crippen LogP contribution is -2.40. The van der Waals surface area contributed by atoms with E-state index in [0.29, 0.717) is 16.6 Å². The lowest BCUT2D eigenvalue weighted by molar-refractivity contribution is 0.0517. The van der Waals surface area contributed by atoms with Gasteiger partial charge < -0.3 is 10.4 Å². The fourth-order valence-electron chi connectivity index (χ4n) is 1.03. The van der Waals surface area contributed by atoms with E-state index in [-0.39, 0.29) is 12.5 Å². The zero-order valence-electron chi connectivity index (χ0n) is 9.33. The average Bonchev–Trinajstić information content (AvgIpc) is 2.27. The Labute approximate surface area is 103 Å². The van der Waals surface area contributed by atoms with E-state index >= 15 is 0 Å². The largest absolute Gasteiger partial charge is 0.388 e. The van der Waals surface area contributed by atoms with Crippen molar-refractivity contribution >= 4 is 21.8 Å². The number of carbonyl (C=O) groups excluding carboxylic acids is 1. The van der Waals surface area contributed by atoms with Gasteiger partial charge >= 0.3 is 0 Å². The summed E-state index contributed by atoms with van der Waals surface area (Å²) in [4.78, 5) is 15.7. The van der Waals surface area contributed by atoms with E-state index in [1.165, 1.54) is 0 Å². The van der Waals surface area contributed by atoms with Gasteiger partial charge in [-0.05, 0) is 41.4 Å². The number of nitrogens with one attached hydrogen (secondary N) is 1. The highest BCUT2D eigenvalue weighted by molar-refractivity contribution is 9.10. The standard InChI is InChI=1S/C11H15BrN2O2/c1-3-11(2,16)7-14-10(15)9-8(12)5-4-6-13-9/h4-6,16H,3,7H2,1-2H3,(H,14,15). The molecule has 0 aliphatic carbocycles. The predicted octanol–water partition coefficient (Wildman–Crippen LogP) is 1.73. The van der Waals surface area contributed by atoms with E-state index < -0.39 is 5.60 Å². The van der Waals surface area contributed by atoms with Gasteiger partial charge in [0.2, 0.25) is 0 Å². The highest BCUT2D eigenvalue weighted by Crippen LogP contribution is 2.13. The first-order chi connectivity index (χ1) is 7.46. The minimum Gasteiger partial charge on any atom is -0.388 e. The quantitative estimate of drug-likeness (QED) is 0.886. The maximum Gasteiger partial charge on any atom is 0.271 e. The Kier molecular flexibility index (Phi) is 4.44. The number of amides is 1. The molecule has 1 aromatic rings. The van der Waals surface area contributed by atoms with Crippen molar-refractivity contribution < 1.29 is 9.90 Å². The Hall–Kier alpha value is -0.940. The third-order valence-corrected chi connectivity index (χ3v) is 3.00. The minimum absolute atomic E-state index is 0.214. The van der Waals surface area contributed by atoms with Crippen molar-refractivity contribution in [2.75, 3.05) is 6.54 Å². The van der Waals surface area contributed by atoms with Crippen LogP contribution in [0.5, 0.6) is 0 Å². The van der Waals surface area contributed by atoms with E-state index in [4.69, 9.17) is 0 Å². The van der Waals surface area contributed by atoms with Gasteiger partial charge in [-0.3, -0.25) is 4.79 Å². The molecule has 2 N–H and O–H groups in total. The van der Waals surface area contributed by atoms with Crippen molar-refractivity contribution in [2.24, 2.45) is 0 Å². The van der Waals surface area contributed by atoms with Crippen LogP contribution in [-0.4, -0.2) is 28.1 Å². The van der Waals surface area contributed by atoms with Crippen molar-refractivity contribution in [3.8, 4) is 0 Å². The number of halogens is 1. The molecule has 0 fully saturated rings. The van der Waals surface area contributed by atoms with Gasteiger partial charge in [-0.2, -0.15) is 0 Å². The summed E-state index contributed by atoms with van der Waals surface area (Å²) >= 11 is 3.25. The summed E-state index contributed by atoms with van der Waals surface area (Å²) in [7, 11) is 0. The van der Waals surface area contributed by atoms with Crippen LogP contribution in [0.2, 0.25) is 0 Å². The Morgan fingerprint density at radius 1 is 1.69 bits per heavy atom. The number of hydrogen-bond donors (Lipinski definition) is 2. The molecule has 1 aromatic heterocycles. The summed E-state index contributed by atoms with van der Waals surface area (Å²) in [5, 5.41) is 12.4. The predicted molar refractivity (Wildman–Crippen MR) is 65.2 cm³/mol. The number of nitrogens with zero attached hydrogens (tertiary/aromatic N) is 1. The third kappa shape index (κ3) is 3.57. The van der Waals surface area contributed by atoms with Crippen LogP contribution < -0.4 is 5.32 Å². The minimum atomic E-state index is -0.878. The van der Waals surface area contributed by atoms with Gasteiger partial charge in [0.15, 0.2) is 0 Å². The second-order valence-electron chi connectivity index (χ2n) is 3.87. The molecule has 1 amide bonds. The van der Waals surface area contributed by atoms with Crippen molar-refractivity contribution in [3.63, 3.8) is 0 Å². The third-order valence-electron chi connectivity index (χ3n) is 2.36. The number of pyridine rings is 1. The summed E-state index contributed by atoms with van der Waals surface area (Å²) < 4.78 is 0.642. The van der Waals surface area contributed by atoms with Gasteiger partial charge in [0.1, 0.15) is 5.69 Å². The summed E-state index contributed by atoms with van der Waals surface area (Å²) in [6.07, 6.45) is 2.13. The van der Waals surface area contributed by atoms with E-state index in [1.54, 1.807) is 25.3 Å². The topological polar surface area (TPSA) is 62.2 Å². The number of aliphatic hydroxyl groups is 1. The molecule has 0 saturated carbocycles. The molecule has 0 saturated heterocycles. The molecule has 0 aliphatic rings. The van der Waals surface area contributed by atoms with Gasteiger partial charge in [0, 0.05) is 17.2 Å². The number of carbonyl (C=O) groups is 1. The highest BCUT2D eigenvalue weighted by atomic mass is 79.9. The summed E-state index contributed by atoms with van der Waals surface area (Å²) in [5.41, 5.74) is -0.550. The number of aromatic nitrogens is 1. The zero-order valence-corrected chi connectivity index (χ0v) is 10.9. The van der Waals surface area contributed by atoms with E-state index in [1.807, 2.05) is 6.92 Å². The molecule has 1 heterocycles. The summed E-state index contributed by atoms with van der Waals surface area (Å²) in [5.74, 6) is -0.291. The van der Waals surface area contributed by atoms with Crippen LogP contribution in [0, 0.1) is 0 Å². The zero-order chi connectivity index (χ0) is 12.2. The summed E-state index contributed by atoms with van der Waals surface area (Å²) in [6, 6.07) is 3.49. The van der Waals surface area contributed by atoms with Crippen molar-refractivity contribution in [2.45, 2.75) is 25.9 Å². The van der Waals surface area contributed by atoms with Crippen LogP contribution in [0.4, 0.5) is 0 Å². The van der Waals surface area contributed by atoms with Crippen molar-refractivity contribution in [1.82, 2.24) is 10.3 Å². The van der Waals surface area contributed by atoms with Crippen LogP contribution in [0.25, 0.3) is 0 Å². The normalized spacial score (nSPS) is 14.2. The molecule has 1 atom stereocenters.